The van der Waals surface area contributed by atoms with Gasteiger partial charge in [-0.05, 0) is 89.8 Å². The molecule has 11 heteroatoms. The van der Waals surface area contributed by atoms with Crippen LogP contribution in [0, 0.1) is 6.92 Å². The lowest BCUT2D eigenvalue weighted by molar-refractivity contribution is 0.0144. The summed E-state index contributed by atoms with van der Waals surface area (Å²) in [5, 5.41) is 14.5. The van der Waals surface area contributed by atoms with Gasteiger partial charge in [0.15, 0.2) is 5.82 Å². The largest absolute Gasteiger partial charge is 0.444 e. The van der Waals surface area contributed by atoms with E-state index in [1.165, 1.54) is 12.8 Å². The molecule has 0 bridgehead atoms. The molecule has 0 N–H and O–H groups in total. The average molecular weight is 669 g/mol. The summed E-state index contributed by atoms with van der Waals surface area (Å²) >= 11 is 6.27. The highest BCUT2D eigenvalue weighted by atomic mass is 35.5. The number of ether oxygens (including phenoxy) is 1. The van der Waals surface area contributed by atoms with Crippen LogP contribution in [0.1, 0.15) is 82.1 Å². The molecule has 4 aromatic rings. The van der Waals surface area contributed by atoms with Crippen LogP contribution in [0.25, 0.3) is 16.8 Å². The number of hydrogen-bond donors (Lipinski definition) is 0. The summed E-state index contributed by atoms with van der Waals surface area (Å²) < 4.78 is 9.77. The smallest absolute Gasteiger partial charge is 0.410 e. The van der Waals surface area contributed by atoms with Crippen molar-refractivity contribution < 1.29 is 9.53 Å². The van der Waals surface area contributed by atoms with E-state index in [2.05, 4.69) is 60.9 Å². The summed E-state index contributed by atoms with van der Waals surface area (Å²) in [5.41, 5.74) is 5.51. The first-order valence-corrected chi connectivity index (χ1v) is 17.6. The molecule has 3 aliphatic rings. The summed E-state index contributed by atoms with van der Waals surface area (Å²) in [7, 11) is 0. The highest BCUT2D eigenvalue weighted by Crippen LogP contribution is 2.51. The number of piperazine rings is 1. The fourth-order valence-electron chi connectivity index (χ4n) is 6.74. The molecule has 7 rings (SSSR count). The Hall–Kier alpha value is -4.02. The molecule has 10 nitrogen and oxygen atoms in total. The maximum absolute atomic E-state index is 12.3. The van der Waals surface area contributed by atoms with Gasteiger partial charge in [-0.1, -0.05) is 42.6 Å². The van der Waals surface area contributed by atoms with E-state index >= 15 is 0 Å². The standard InChI is InChI=1S/C37H45ClN8O2/c1-26-41-42-34-37(15-16-37)40-33(27-9-12-30(38)13-10-27)31-23-28(11-14-32(31)46(26)34)29-24-39-45(25-29)18-8-6-5-7-17-43-19-21-44(22-20-43)35(47)48-36(2,3)4/h9-14,23-25H,5-8,15-22H2,1-4H3. The first kappa shape index (κ1) is 32.5. The highest BCUT2D eigenvalue weighted by molar-refractivity contribution is 6.30. The number of carbonyl (C=O) groups excluding carboxylic acids is 1. The van der Waals surface area contributed by atoms with Crippen LogP contribution in [0.15, 0.2) is 59.9 Å². The number of aliphatic imine (C=N–C) groups is 1. The maximum Gasteiger partial charge on any atom is 0.410 e. The number of amides is 1. The zero-order valence-electron chi connectivity index (χ0n) is 28.5. The van der Waals surface area contributed by atoms with Gasteiger partial charge in [0.1, 0.15) is 17.0 Å². The second kappa shape index (κ2) is 13.1. The quantitative estimate of drug-likeness (QED) is 0.178. The van der Waals surface area contributed by atoms with Gasteiger partial charge in [-0.2, -0.15) is 5.10 Å². The average Bonchev–Trinajstić information content (AvgIpc) is 3.54. The van der Waals surface area contributed by atoms with Crippen molar-refractivity contribution in [3.63, 3.8) is 0 Å². The van der Waals surface area contributed by atoms with Crippen molar-refractivity contribution in [2.24, 2.45) is 4.99 Å². The minimum atomic E-state index is -0.451. The van der Waals surface area contributed by atoms with Crippen molar-refractivity contribution in [3.8, 4) is 16.8 Å². The Labute approximate surface area is 287 Å². The molecule has 1 aliphatic carbocycles. The zero-order chi connectivity index (χ0) is 33.5. The fourth-order valence-corrected chi connectivity index (χ4v) is 6.86. The molecule has 0 radical (unpaired) electrons. The molecule has 1 saturated carbocycles. The van der Waals surface area contributed by atoms with Crippen LogP contribution in [0.5, 0.6) is 0 Å². The van der Waals surface area contributed by atoms with Crippen molar-refractivity contribution >= 4 is 23.4 Å². The SMILES string of the molecule is Cc1nnc2n1-c1ccc(-c3cnn(CCCCCCN4CCN(C(=O)OC(C)(C)C)CC4)c3)cc1C(c1ccc(Cl)cc1)=NC21CC1. The Morgan fingerprint density at radius 1 is 0.896 bits per heavy atom. The third kappa shape index (κ3) is 6.91. The molecule has 2 fully saturated rings. The molecule has 1 saturated heterocycles. The Balaban J connectivity index is 0.963. The van der Waals surface area contributed by atoms with Crippen molar-refractivity contribution in [1.29, 1.82) is 0 Å². The number of hydrogen-bond acceptors (Lipinski definition) is 7. The Morgan fingerprint density at radius 3 is 2.31 bits per heavy atom. The van der Waals surface area contributed by atoms with E-state index in [0.29, 0.717) is 5.02 Å². The summed E-state index contributed by atoms with van der Waals surface area (Å²) in [4.78, 5) is 22.0. The van der Waals surface area contributed by atoms with Crippen molar-refractivity contribution in [2.45, 2.75) is 83.9 Å². The third-order valence-corrected chi connectivity index (χ3v) is 9.75. The van der Waals surface area contributed by atoms with Crippen molar-refractivity contribution in [1.82, 2.24) is 34.3 Å². The number of benzene rings is 2. The topological polar surface area (TPSA) is 93.7 Å². The molecule has 2 aromatic carbocycles. The lowest BCUT2D eigenvalue weighted by Gasteiger charge is -2.35. The van der Waals surface area contributed by atoms with Crippen LogP contribution >= 0.6 is 11.6 Å². The number of carbonyl (C=O) groups is 1. The molecule has 2 aliphatic heterocycles. The number of aromatic nitrogens is 5. The summed E-state index contributed by atoms with van der Waals surface area (Å²) in [6.45, 7) is 13.0. The van der Waals surface area contributed by atoms with Crippen LogP contribution in [0.4, 0.5) is 4.79 Å². The number of halogens is 1. The van der Waals surface area contributed by atoms with Gasteiger partial charge >= 0.3 is 6.09 Å². The zero-order valence-corrected chi connectivity index (χ0v) is 29.2. The minimum absolute atomic E-state index is 0.199. The second-order valence-electron chi connectivity index (χ2n) is 14.4. The Bertz CT molecular complexity index is 1810. The van der Waals surface area contributed by atoms with E-state index in [4.69, 9.17) is 26.4 Å². The van der Waals surface area contributed by atoms with E-state index in [1.54, 1.807) is 0 Å². The van der Waals surface area contributed by atoms with Crippen LogP contribution in [0.3, 0.4) is 0 Å². The molecule has 252 valence electrons. The molecule has 1 spiro atoms. The predicted molar refractivity (Wildman–Crippen MR) is 188 cm³/mol. The van der Waals surface area contributed by atoms with E-state index < -0.39 is 5.60 Å². The number of fused-ring (bicyclic) bond motifs is 4. The van der Waals surface area contributed by atoms with Gasteiger partial charge in [0.25, 0.3) is 0 Å². The second-order valence-corrected chi connectivity index (χ2v) is 14.8. The van der Waals surface area contributed by atoms with Crippen LogP contribution in [0.2, 0.25) is 5.02 Å². The molecule has 4 heterocycles. The molecule has 1 amide bonds. The normalized spacial score (nSPS) is 17.1. The highest BCUT2D eigenvalue weighted by Gasteiger charge is 2.51. The van der Waals surface area contributed by atoms with Crippen molar-refractivity contribution in [2.75, 3.05) is 32.7 Å². The molecular weight excluding hydrogens is 624 g/mol. The first-order chi connectivity index (χ1) is 23.1. The molecule has 0 unspecified atom stereocenters. The van der Waals surface area contributed by atoms with Gasteiger partial charge in [-0.15, -0.1) is 10.2 Å². The minimum Gasteiger partial charge on any atom is -0.444 e. The van der Waals surface area contributed by atoms with Gasteiger partial charge in [0, 0.05) is 60.6 Å². The number of aryl methyl sites for hydroxylation is 2. The van der Waals surface area contributed by atoms with E-state index in [1.807, 2.05) is 50.9 Å². The summed E-state index contributed by atoms with van der Waals surface area (Å²) in [6, 6.07) is 14.5. The summed E-state index contributed by atoms with van der Waals surface area (Å²) in [5.74, 6) is 1.79. The van der Waals surface area contributed by atoms with E-state index in [0.717, 1.165) is 110 Å². The number of nitrogens with zero attached hydrogens (tertiary/aromatic N) is 8. The monoisotopic (exact) mass is 668 g/mol. The molecule has 2 aromatic heterocycles. The Kier molecular flexibility index (Phi) is 8.89. The first-order valence-electron chi connectivity index (χ1n) is 17.2. The number of rotatable bonds is 9. The van der Waals surface area contributed by atoms with Crippen molar-refractivity contribution in [3.05, 3.63) is 82.7 Å². The van der Waals surface area contributed by atoms with Crippen LogP contribution in [-0.2, 0) is 16.8 Å². The Morgan fingerprint density at radius 2 is 1.60 bits per heavy atom. The van der Waals surface area contributed by atoms with Gasteiger partial charge in [-0.3, -0.25) is 19.1 Å². The lowest BCUT2D eigenvalue weighted by Crippen LogP contribution is -2.50. The number of unbranched alkanes of at least 4 members (excludes halogenated alkanes) is 3. The molecular formula is C37H45ClN8O2. The fraction of sp³-hybridized carbons (Fsp3) is 0.486. The third-order valence-electron chi connectivity index (χ3n) is 9.50. The van der Waals surface area contributed by atoms with Gasteiger partial charge < -0.3 is 9.64 Å². The van der Waals surface area contributed by atoms with E-state index in [-0.39, 0.29) is 11.6 Å². The maximum atomic E-state index is 12.3. The predicted octanol–water partition coefficient (Wildman–Crippen LogP) is 7.05. The van der Waals surface area contributed by atoms with Gasteiger partial charge in [0.2, 0.25) is 0 Å². The van der Waals surface area contributed by atoms with Crippen LogP contribution in [-0.4, -0.2) is 84.5 Å². The van der Waals surface area contributed by atoms with Crippen LogP contribution < -0.4 is 0 Å². The lowest BCUT2D eigenvalue weighted by atomic mass is 9.96. The van der Waals surface area contributed by atoms with Gasteiger partial charge in [0.05, 0.1) is 17.6 Å². The van der Waals surface area contributed by atoms with E-state index in [9.17, 15) is 4.79 Å². The molecule has 0 atom stereocenters. The molecule has 48 heavy (non-hydrogen) atoms. The summed E-state index contributed by atoms with van der Waals surface area (Å²) in [6.07, 6.45) is 10.4. The van der Waals surface area contributed by atoms with Gasteiger partial charge in [-0.25, -0.2) is 4.79 Å².